The van der Waals surface area contributed by atoms with Gasteiger partial charge in [-0.2, -0.15) is 0 Å². The molecule has 0 saturated carbocycles. The Morgan fingerprint density at radius 2 is 1.88 bits per heavy atom. The molecular formula is C24H29N3O6S. The van der Waals surface area contributed by atoms with E-state index >= 15 is 0 Å². The van der Waals surface area contributed by atoms with Gasteiger partial charge in [-0.15, -0.1) is 0 Å². The molecule has 3 rings (SSSR count). The molecule has 182 valence electrons. The molecule has 1 N–H and O–H groups in total. The van der Waals surface area contributed by atoms with Crippen molar-refractivity contribution in [1.29, 1.82) is 0 Å². The first-order chi connectivity index (χ1) is 16.2. The van der Waals surface area contributed by atoms with Crippen LogP contribution < -0.4 is 10.1 Å². The van der Waals surface area contributed by atoms with Crippen LogP contribution >= 0.6 is 0 Å². The van der Waals surface area contributed by atoms with Gasteiger partial charge in [0.2, 0.25) is 11.8 Å². The molecule has 0 aliphatic carbocycles. The van der Waals surface area contributed by atoms with Crippen LogP contribution in [-0.4, -0.2) is 61.6 Å². The minimum Gasteiger partial charge on any atom is -0.497 e. The van der Waals surface area contributed by atoms with Crippen molar-refractivity contribution in [2.45, 2.75) is 44.2 Å². The molecule has 1 aliphatic heterocycles. The van der Waals surface area contributed by atoms with Crippen LogP contribution in [0.1, 0.15) is 42.6 Å². The van der Waals surface area contributed by atoms with Crippen molar-refractivity contribution in [1.82, 2.24) is 14.5 Å². The largest absolute Gasteiger partial charge is 0.497 e. The zero-order chi connectivity index (χ0) is 24.9. The summed E-state index contributed by atoms with van der Waals surface area (Å²) in [6, 6.07) is 12.5. The number of amides is 3. The van der Waals surface area contributed by atoms with Gasteiger partial charge in [-0.1, -0.05) is 24.3 Å². The molecule has 1 atom stereocenters. The monoisotopic (exact) mass is 487 g/mol. The molecule has 0 fully saturated rings. The zero-order valence-corrected chi connectivity index (χ0v) is 20.3. The number of likely N-dealkylation sites (N-methyl/N-ethyl adjacent to an activating group) is 1. The van der Waals surface area contributed by atoms with E-state index in [9.17, 15) is 22.8 Å². The number of nitrogens with zero attached hydrogens (tertiary/aromatic N) is 2. The molecular weight excluding hydrogens is 458 g/mol. The predicted molar refractivity (Wildman–Crippen MR) is 126 cm³/mol. The van der Waals surface area contributed by atoms with E-state index in [1.807, 2.05) is 6.07 Å². The van der Waals surface area contributed by atoms with Crippen molar-refractivity contribution >= 4 is 27.7 Å². The Kier molecular flexibility index (Phi) is 7.93. The van der Waals surface area contributed by atoms with E-state index in [1.54, 1.807) is 51.3 Å². The number of ether oxygens (including phenoxy) is 1. The lowest BCUT2D eigenvalue weighted by molar-refractivity contribution is -0.140. The zero-order valence-electron chi connectivity index (χ0n) is 19.5. The summed E-state index contributed by atoms with van der Waals surface area (Å²) in [7, 11) is -2.38. The summed E-state index contributed by atoms with van der Waals surface area (Å²) in [6.45, 7) is 3.93. The van der Waals surface area contributed by atoms with Crippen molar-refractivity contribution < 1.29 is 27.5 Å². The predicted octanol–water partition coefficient (Wildman–Crippen LogP) is 2.17. The molecule has 0 bridgehead atoms. The summed E-state index contributed by atoms with van der Waals surface area (Å²) >= 11 is 0. The number of carbonyl (C=O) groups excluding carboxylic acids is 3. The van der Waals surface area contributed by atoms with Gasteiger partial charge in [0.1, 0.15) is 16.7 Å². The van der Waals surface area contributed by atoms with Gasteiger partial charge in [-0.05, 0) is 50.1 Å². The molecule has 1 aliphatic rings. The first-order valence-electron chi connectivity index (χ1n) is 11.1. The quantitative estimate of drug-likeness (QED) is 0.550. The van der Waals surface area contributed by atoms with Crippen LogP contribution in [-0.2, 0) is 26.2 Å². The van der Waals surface area contributed by atoms with Gasteiger partial charge < -0.3 is 15.0 Å². The Morgan fingerprint density at radius 3 is 2.56 bits per heavy atom. The minimum atomic E-state index is -3.93. The highest BCUT2D eigenvalue weighted by Gasteiger charge is 2.40. The number of hydrogen-bond acceptors (Lipinski definition) is 6. The molecule has 0 spiro atoms. The lowest BCUT2D eigenvalue weighted by Crippen LogP contribution is -2.47. The van der Waals surface area contributed by atoms with E-state index in [-0.39, 0.29) is 48.2 Å². The Morgan fingerprint density at radius 1 is 1.15 bits per heavy atom. The molecule has 3 amide bonds. The Hall–Kier alpha value is -3.40. The second kappa shape index (κ2) is 10.7. The van der Waals surface area contributed by atoms with E-state index in [0.717, 1.165) is 9.87 Å². The Balaban J connectivity index is 1.71. The number of carbonyl (C=O) groups is 3. The molecule has 1 heterocycles. The number of nitrogens with one attached hydrogen (secondary N) is 1. The average Bonchev–Trinajstić information content (AvgIpc) is 3.03. The molecule has 34 heavy (non-hydrogen) atoms. The summed E-state index contributed by atoms with van der Waals surface area (Å²) in [5, 5.41) is 2.73. The maximum Gasteiger partial charge on any atom is 0.269 e. The number of hydrogen-bond donors (Lipinski definition) is 1. The lowest BCUT2D eigenvalue weighted by atomic mass is 10.1. The average molecular weight is 488 g/mol. The van der Waals surface area contributed by atoms with E-state index in [2.05, 4.69) is 5.32 Å². The molecule has 0 radical (unpaired) electrons. The summed E-state index contributed by atoms with van der Waals surface area (Å²) in [5.41, 5.74) is 0.926. The smallest absolute Gasteiger partial charge is 0.269 e. The number of fused-ring (bicyclic) bond motifs is 1. The van der Waals surface area contributed by atoms with Gasteiger partial charge in [0.25, 0.3) is 15.9 Å². The van der Waals surface area contributed by atoms with E-state index in [1.165, 1.54) is 17.0 Å². The highest BCUT2D eigenvalue weighted by Crippen LogP contribution is 2.30. The normalized spacial score (nSPS) is 14.9. The van der Waals surface area contributed by atoms with E-state index in [0.29, 0.717) is 12.3 Å². The number of rotatable bonds is 10. The lowest BCUT2D eigenvalue weighted by Gasteiger charge is -2.29. The highest BCUT2D eigenvalue weighted by atomic mass is 32.2. The summed E-state index contributed by atoms with van der Waals surface area (Å²) in [5.74, 6) is -0.561. The van der Waals surface area contributed by atoms with Gasteiger partial charge >= 0.3 is 0 Å². The van der Waals surface area contributed by atoms with Crippen molar-refractivity contribution in [2.75, 3.05) is 20.2 Å². The van der Waals surface area contributed by atoms with Gasteiger partial charge in [-0.3, -0.25) is 14.4 Å². The maximum atomic E-state index is 13.1. The second-order valence-corrected chi connectivity index (χ2v) is 9.76. The van der Waals surface area contributed by atoms with Crippen molar-refractivity contribution in [3.05, 3.63) is 59.7 Å². The number of methoxy groups -OCH3 is 1. The van der Waals surface area contributed by atoms with Crippen LogP contribution in [0.5, 0.6) is 5.75 Å². The SMILES string of the molecule is CCNC(=O)[C@H](C)N(Cc1cccc(OC)c1)C(=O)CCCN1C(=O)c2ccccc2S1(=O)=O. The summed E-state index contributed by atoms with van der Waals surface area (Å²) in [6.07, 6.45) is 0.109. The Labute approximate surface area is 199 Å². The molecule has 2 aromatic rings. The van der Waals surface area contributed by atoms with E-state index < -0.39 is 22.0 Å². The number of sulfonamides is 1. The van der Waals surface area contributed by atoms with Gasteiger partial charge in [0, 0.05) is 26.1 Å². The molecule has 0 unspecified atom stereocenters. The van der Waals surface area contributed by atoms with Crippen LogP contribution in [0, 0.1) is 0 Å². The molecule has 9 nitrogen and oxygen atoms in total. The fraction of sp³-hybridized carbons (Fsp3) is 0.375. The van der Waals surface area contributed by atoms with Crippen molar-refractivity contribution in [3.63, 3.8) is 0 Å². The third-order valence-corrected chi connectivity index (χ3v) is 7.51. The van der Waals surface area contributed by atoms with Crippen LogP contribution in [0.15, 0.2) is 53.4 Å². The molecule has 0 aromatic heterocycles. The Bertz CT molecular complexity index is 1180. The van der Waals surface area contributed by atoms with Crippen LogP contribution in [0.4, 0.5) is 0 Å². The summed E-state index contributed by atoms with van der Waals surface area (Å²) in [4.78, 5) is 39.6. The van der Waals surface area contributed by atoms with Crippen LogP contribution in [0.3, 0.4) is 0 Å². The fourth-order valence-corrected chi connectivity index (χ4v) is 5.45. The van der Waals surface area contributed by atoms with Crippen molar-refractivity contribution in [2.24, 2.45) is 0 Å². The van der Waals surface area contributed by atoms with Crippen LogP contribution in [0.2, 0.25) is 0 Å². The third kappa shape index (κ3) is 5.22. The topological polar surface area (TPSA) is 113 Å². The van der Waals surface area contributed by atoms with Crippen molar-refractivity contribution in [3.8, 4) is 5.75 Å². The number of benzene rings is 2. The molecule has 0 saturated heterocycles. The van der Waals surface area contributed by atoms with Crippen LogP contribution in [0.25, 0.3) is 0 Å². The first kappa shape index (κ1) is 25.2. The highest BCUT2D eigenvalue weighted by molar-refractivity contribution is 7.90. The first-order valence-corrected chi connectivity index (χ1v) is 12.5. The van der Waals surface area contributed by atoms with Gasteiger partial charge in [0.15, 0.2) is 0 Å². The fourth-order valence-electron chi connectivity index (χ4n) is 3.84. The molecule has 10 heteroatoms. The van der Waals surface area contributed by atoms with Gasteiger partial charge in [-0.25, -0.2) is 12.7 Å². The maximum absolute atomic E-state index is 13.1. The standard InChI is InChI=1S/C24H29N3O6S/c1-4-25-23(29)17(2)26(16-18-9-7-10-19(15-18)33-3)22(28)13-8-14-27-24(30)20-11-5-6-12-21(20)34(27,31)32/h5-7,9-12,15,17H,4,8,13-14,16H2,1-3H3,(H,25,29)/t17-/m0/s1. The second-order valence-electron chi connectivity index (χ2n) is 7.93. The molecule has 2 aromatic carbocycles. The third-order valence-electron chi connectivity index (χ3n) is 5.67. The minimum absolute atomic E-state index is 0.0177. The van der Waals surface area contributed by atoms with Gasteiger partial charge in [0.05, 0.1) is 12.7 Å². The van der Waals surface area contributed by atoms with E-state index in [4.69, 9.17) is 4.74 Å². The summed E-state index contributed by atoms with van der Waals surface area (Å²) < 4.78 is 31.5.